The largest absolute Gasteiger partial charge is 0.339 e. The molecule has 2 rings (SSSR count). The number of nitrogens with zero attached hydrogens (tertiary/aromatic N) is 3. The molecular formula is C11H20Cl2N4O. The van der Waals surface area contributed by atoms with Crippen LogP contribution in [0.1, 0.15) is 17.8 Å². The highest BCUT2D eigenvalue weighted by Gasteiger charge is 2.23. The van der Waals surface area contributed by atoms with Crippen LogP contribution >= 0.6 is 24.8 Å². The first kappa shape index (κ1) is 17.2. The van der Waals surface area contributed by atoms with Crippen LogP contribution in [0.25, 0.3) is 0 Å². The summed E-state index contributed by atoms with van der Waals surface area (Å²) in [6, 6.07) is 2.12. The van der Waals surface area contributed by atoms with E-state index in [-0.39, 0.29) is 36.8 Å². The van der Waals surface area contributed by atoms with Crippen molar-refractivity contribution in [2.45, 2.75) is 32.9 Å². The minimum absolute atomic E-state index is 0. The van der Waals surface area contributed by atoms with E-state index < -0.39 is 0 Å². The number of rotatable bonds is 2. The summed E-state index contributed by atoms with van der Waals surface area (Å²) in [4.78, 5) is 13.8. The Bertz CT molecular complexity index is 408. The van der Waals surface area contributed by atoms with Gasteiger partial charge < -0.3 is 10.6 Å². The van der Waals surface area contributed by atoms with Crippen LogP contribution in [0.3, 0.4) is 0 Å². The molecule has 0 saturated carbocycles. The molecule has 7 heteroatoms. The third-order valence-electron chi connectivity index (χ3n) is 2.97. The maximum atomic E-state index is 11.9. The van der Waals surface area contributed by atoms with Gasteiger partial charge >= 0.3 is 0 Å². The summed E-state index contributed by atoms with van der Waals surface area (Å²) in [5.74, 6) is 0.110. The minimum Gasteiger partial charge on any atom is -0.339 e. The number of nitrogens with two attached hydrogens (primary N) is 1. The smallest absolute Gasteiger partial charge is 0.244 e. The normalized spacial score (nSPS) is 18.2. The number of likely N-dealkylation sites (tertiary alicyclic amines) is 1. The number of hydrogen-bond acceptors (Lipinski definition) is 3. The van der Waals surface area contributed by atoms with Gasteiger partial charge in [0.05, 0.1) is 5.69 Å². The summed E-state index contributed by atoms with van der Waals surface area (Å²) in [5, 5.41) is 4.28. The molecule has 1 aliphatic heterocycles. The summed E-state index contributed by atoms with van der Waals surface area (Å²) >= 11 is 0. The number of hydrogen-bond donors (Lipinski definition) is 1. The molecule has 1 fully saturated rings. The summed E-state index contributed by atoms with van der Waals surface area (Å²) < 4.78 is 1.75. The number of aryl methyl sites for hydroxylation is 2. The third kappa shape index (κ3) is 3.86. The van der Waals surface area contributed by atoms with Gasteiger partial charge in [-0.1, -0.05) is 0 Å². The molecule has 1 aromatic rings. The molecule has 5 nitrogen and oxygen atoms in total. The molecule has 0 unspecified atom stereocenters. The summed E-state index contributed by atoms with van der Waals surface area (Å²) in [6.45, 7) is 5.67. The van der Waals surface area contributed by atoms with Gasteiger partial charge in [-0.05, 0) is 26.3 Å². The number of halogens is 2. The fraction of sp³-hybridized carbons (Fsp3) is 0.636. The van der Waals surface area contributed by atoms with Gasteiger partial charge in [-0.15, -0.1) is 24.8 Å². The zero-order chi connectivity index (χ0) is 11.7. The van der Waals surface area contributed by atoms with Gasteiger partial charge in [0.15, 0.2) is 0 Å². The minimum atomic E-state index is 0. The van der Waals surface area contributed by atoms with Crippen molar-refractivity contribution < 1.29 is 4.79 Å². The van der Waals surface area contributed by atoms with E-state index in [1.54, 1.807) is 4.68 Å². The molecule has 2 N–H and O–H groups in total. The average Bonchev–Trinajstić information content (AvgIpc) is 2.74. The van der Waals surface area contributed by atoms with E-state index in [4.69, 9.17) is 5.73 Å². The van der Waals surface area contributed by atoms with Crippen LogP contribution in [0.4, 0.5) is 0 Å². The molecule has 104 valence electrons. The van der Waals surface area contributed by atoms with Crippen molar-refractivity contribution in [2.75, 3.05) is 13.1 Å². The predicted octanol–water partition coefficient (Wildman–Crippen LogP) is 0.903. The summed E-state index contributed by atoms with van der Waals surface area (Å²) in [7, 11) is 0. The summed E-state index contributed by atoms with van der Waals surface area (Å²) in [6.07, 6.45) is 0.906. The van der Waals surface area contributed by atoms with Crippen LogP contribution in [-0.2, 0) is 11.3 Å². The van der Waals surface area contributed by atoms with Gasteiger partial charge in [0, 0.05) is 24.8 Å². The van der Waals surface area contributed by atoms with E-state index in [0.29, 0.717) is 13.1 Å². The molecule has 1 amide bonds. The average molecular weight is 295 g/mol. The molecule has 0 aromatic carbocycles. The van der Waals surface area contributed by atoms with Crippen molar-refractivity contribution in [3.63, 3.8) is 0 Å². The van der Waals surface area contributed by atoms with Gasteiger partial charge in [0.2, 0.25) is 5.91 Å². The van der Waals surface area contributed by atoms with Gasteiger partial charge in [-0.3, -0.25) is 9.48 Å². The molecule has 1 atom stereocenters. The Labute approximate surface area is 120 Å². The molecule has 1 saturated heterocycles. The van der Waals surface area contributed by atoms with Crippen LogP contribution in [-0.4, -0.2) is 39.7 Å². The van der Waals surface area contributed by atoms with E-state index in [1.807, 2.05) is 24.8 Å². The van der Waals surface area contributed by atoms with Gasteiger partial charge in [0.25, 0.3) is 0 Å². The first-order chi connectivity index (χ1) is 7.56. The lowest BCUT2D eigenvalue weighted by molar-refractivity contribution is -0.131. The Morgan fingerprint density at radius 3 is 2.61 bits per heavy atom. The van der Waals surface area contributed by atoms with Crippen LogP contribution in [0, 0.1) is 13.8 Å². The lowest BCUT2D eigenvalue weighted by Crippen LogP contribution is -2.34. The lowest BCUT2D eigenvalue weighted by Gasteiger charge is -2.16. The van der Waals surface area contributed by atoms with Crippen LogP contribution < -0.4 is 5.73 Å². The molecule has 0 aliphatic carbocycles. The molecule has 1 aliphatic rings. The van der Waals surface area contributed by atoms with Gasteiger partial charge in [-0.25, -0.2) is 0 Å². The SMILES string of the molecule is Cc1cc(C)n(CC(=O)N2CC[C@@H](N)C2)n1.Cl.Cl. The number of carbonyl (C=O) groups is 1. The van der Waals surface area contributed by atoms with E-state index in [0.717, 1.165) is 24.4 Å². The Morgan fingerprint density at radius 1 is 1.50 bits per heavy atom. The van der Waals surface area contributed by atoms with Gasteiger partial charge in [-0.2, -0.15) is 5.10 Å². The van der Waals surface area contributed by atoms with E-state index in [9.17, 15) is 4.79 Å². The Morgan fingerprint density at radius 2 is 2.17 bits per heavy atom. The van der Waals surface area contributed by atoms with Crippen molar-refractivity contribution in [2.24, 2.45) is 5.73 Å². The molecule has 0 spiro atoms. The fourth-order valence-electron chi connectivity index (χ4n) is 2.08. The monoisotopic (exact) mass is 294 g/mol. The first-order valence-electron chi connectivity index (χ1n) is 5.60. The van der Waals surface area contributed by atoms with Crippen molar-refractivity contribution in [1.29, 1.82) is 0 Å². The third-order valence-corrected chi connectivity index (χ3v) is 2.97. The zero-order valence-electron chi connectivity index (χ0n) is 10.6. The van der Waals surface area contributed by atoms with Gasteiger partial charge in [0.1, 0.15) is 6.54 Å². The Kier molecular flexibility index (Phi) is 6.67. The fourth-order valence-corrected chi connectivity index (χ4v) is 2.08. The van der Waals surface area contributed by atoms with Crippen molar-refractivity contribution in [1.82, 2.24) is 14.7 Å². The maximum Gasteiger partial charge on any atom is 0.244 e. The predicted molar refractivity (Wildman–Crippen MR) is 75.4 cm³/mol. The first-order valence-corrected chi connectivity index (χ1v) is 5.60. The molecule has 0 bridgehead atoms. The molecule has 1 aromatic heterocycles. The Hall–Kier alpha value is -0.780. The maximum absolute atomic E-state index is 11.9. The zero-order valence-corrected chi connectivity index (χ0v) is 12.3. The van der Waals surface area contributed by atoms with E-state index in [1.165, 1.54) is 0 Å². The quantitative estimate of drug-likeness (QED) is 0.882. The van der Waals surface area contributed by atoms with Crippen molar-refractivity contribution in [3.8, 4) is 0 Å². The highest BCUT2D eigenvalue weighted by Crippen LogP contribution is 2.09. The molecular weight excluding hydrogens is 275 g/mol. The van der Waals surface area contributed by atoms with E-state index in [2.05, 4.69) is 5.10 Å². The summed E-state index contributed by atoms with van der Waals surface area (Å²) in [5.41, 5.74) is 7.74. The van der Waals surface area contributed by atoms with Crippen LogP contribution in [0.15, 0.2) is 6.07 Å². The second-order valence-corrected chi connectivity index (χ2v) is 4.47. The molecule has 2 heterocycles. The standard InChI is InChI=1S/C11H18N4O.2ClH/c1-8-5-9(2)15(13-8)7-11(16)14-4-3-10(12)6-14;;/h5,10H,3-4,6-7,12H2,1-2H3;2*1H/t10-;;/m1../s1. The molecule has 0 radical (unpaired) electrons. The second kappa shape index (κ2) is 6.97. The Balaban J connectivity index is 0.00000144. The van der Waals surface area contributed by atoms with Crippen molar-refractivity contribution >= 4 is 30.7 Å². The number of carbonyl (C=O) groups excluding carboxylic acids is 1. The topological polar surface area (TPSA) is 64.2 Å². The van der Waals surface area contributed by atoms with Crippen LogP contribution in [0.5, 0.6) is 0 Å². The van der Waals surface area contributed by atoms with Crippen molar-refractivity contribution in [3.05, 3.63) is 17.5 Å². The van der Waals surface area contributed by atoms with Crippen LogP contribution in [0.2, 0.25) is 0 Å². The highest BCUT2D eigenvalue weighted by atomic mass is 35.5. The lowest BCUT2D eigenvalue weighted by atomic mass is 10.3. The highest BCUT2D eigenvalue weighted by molar-refractivity contribution is 5.85. The number of aromatic nitrogens is 2. The molecule has 18 heavy (non-hydrogen) atoms. The number of amides is 1. The second-order valence-electron chi connectivity index (χ2n) is 4.47. The van der Waals surface area contributed by atoms with E-state index >= 15 is 0 Å².